The molecule has 0 aliphatic rings. The van der Waals surface area contributed by atoms with Crippen molar-refractivity contribution in [2.24, 2.45) is 0 Å². The molecule has 4 aromatic rings. The summed E-state index contributed by atoms with van der Waals surface area (Å²) in [7, 11) is 0. The van der Waals surface area contributed by atoms with E-state index >= 15 is 0 Å². The lowest BCUT2D eigenvalue weighted by molar-refractivity contribution is 0.445. The summed E-state index contributed by atoms with van der Waals surface area (Å²) in [5.41, 5.74) is 7.39. The van der Waals surface area contributed by atoms with Crippen LogP contribution < -0.4 is 9.64 Å². The van der Waals surface area contributed by atoms with Crippen molar-refractivity contribution in [2.45, 2.75) is 41.5 Å². The number of hydrogen-bond donors (Lipinski definition) is 3. The Morgan fingerprint density at radius 1 is 0.600 bits per heavy atom. The van der Waals surface area contributed by atoms with E-state index in [9.17, 15) is 15.3 Å². The monoisotopic (exact) mass is 469 g/mol. The van der Waals surface area contributed by atoms with Gasteiger partial charge in [-0.05, 0) is 87.6 Å². The molecule has 0 spiro atoms. The smallest absolute Gasteiger partial charge is 0.134 e. The van der Waals surface area contributed by atoms with Gasteiger partial charge in [0.25, 0.3) is 0 Å². The number of aromatic hydroxyl groups is 3. The molecule has 35 heavy (non-hydrogen) atoms. The highest BCUT2D eigenvalue weighted by molar-refractivity contribution is 5.82. The summed E-state index contributed by atoms with van der Waals surface area (Å²) >= 11 is 0. The first-order valence-corrected chi connectivity index (χ1v) is 11.5. The second kappa shape index (κ2) is 9.26. The van der Waals surface area contributed by atoms with E-state index in [2.05, 4.69) is 0 Å². The number of benzene rings is 4. The summed E-state index contributed by atoms with van der Waals surface area (Å²) in [6.07, 6.45) is 0. The van der Waals surface area contributed by atoms with E-state index in [1.54, 1.807) is 12.1 Å². The van der Waals surface area contributed by atoms with Gasteiger partial charge in [-0.2, -0.15) is 0 Å². The van der Waals surface area contributed by atoms with Gasteiger partial charge in [-0.3, -0.25) is 0 Å². The predicted molar refractivity (Wildman–Crippen MR) is 141 cm³/mol. The molecular formula is C30H31NO4. The summed E-state index contributed by atoms with van der Waals surface area (Å²) < 4.78 is 6.17. The van der Waals surface area contributed by atoms with Crippen LogP contribution >= 0.6 is 0 Å². The van der Waals surface area contributed by atoms with Crippen LogP contribution in [-0.2, 0) is 0 Å². The van der Waals surface area contributed by atoms with Crippen molar-refractivity contribution in [1.29, 1.82) is 0 Å². The third-order valence-corrected chi connectivity index (χ3v) is 6.40. The van der Waals surface area contributed by atoms with Crippen LogP contribution in [0.5, 0.6) is 28.7 Å². The van der Waals surface area contributed by atoms with E-state index < -0.39 is 0 Å². The zero-order valence-electron chi connectivity index (χ0n) is 21.0. The first-order chi connectivity index (χ1) is 16.6. The highest BCUT2D eigenvalue weighted by atomic mass is 16.5. The van der Waals surface area contributed by atoms with Crippen LogP contribution in [0, 0.1) is 41.5 Å². The van der Waals surface area contributed by atoms with E-state index in [0.717, 1.165) is 44.9 Å². The van der Waals surface area contributed by atoms with Crippen molar-refractivity contribution in [3.8, 4) is 28.7 Å². The minimum Gasteiger partial charge on any atom is -0.508 e. The van der Waals surface area contributed by atoms with Gasteiger partial charge in [0, 0.05) is 29.4 Å². The molecule has 0 aliphatic heterocycles. The molecule has 0 bridgehead atoms. The van der Waals surface area contributed by atoms with Gasteiger partial charge in [-0.25, -0.2) is 0 Å². The minimum absolute atomic E-state index is 0.197. The van der Waals surface area contributed by atoms with Crippen molar-refractivity contribution in [3.63, 3.8) is 0 Å². The van der Waals surface area contributed by atoms with Gasteiger partial charge in [-0.1, -0.05) is 24.3 Å². The quantitative estimate of drug-likeness (QED) is 0.277. The predicted octanol–water partition coefficient (Wildman–Crippen LogP) is 7.92. The number of ether oxygens (including phenoxy) is 1. The molecule has 0 aromatic heterocycles. The molecule has 4 rings (SSSR count). The van der Waals surface area contributed by atoms with Crippen LogP contribution in [0.1, 0.15) is 33.4 Å². The maximum Gasteiger partial charge on any atom is 0.134 e. The Kier molecular flexibility index (Phi) is 6.35. The topological polar surface area (TPSA) is 73.2 Å². The Balaban J connectivity index is 1.88. The van der Waals surface area contributed by atoms with Gasteiger partial charge in [0.2, 0.25) is 0 Å². The van der Waals surface area contributed by atoms with Crippen molar-refractivity contribution < 1.29 is 20.1 Å². The van der Waals surface area contributed by atoms with E-state index in [1.165, 1.54) is 0 Å². The SMILES string of the molecule is Cc1cc(C)c(N(c2cccc(Oc3ccc(C)c(O)c3C)c2)c2cc(O)c(C)cc2C)cc1O. The lowest BCUT2D eigenvalue weighted by Gasteiger charge is -2.29. The highest BCUT2D eigenvalue weighted by Gasteiger charge is 2.20. The number of hydrogen-bond acceptors (Lipinski definition) is 5. The van der Waals surface area contributed by atoms with E-state index in [-0.39, 0.29) is 17.2 Å². The fourth-order valence-corrected chi connectivity index (χ4v) is 4.29. The average Bonchev–Trinajstić information content (AvgIpc) is 2.81. The largest absolute Gasteiger partial charge is 0.508 e. The molecule has 0 heterocycles. The van der Waals surface area contributed by atoms with Crippen LogP contribution in [0.15, 0.2) is 60.7 Å². The zero-order valence-corrected chi connectivity index (χ0v) is 21.0. The Labute approximate surface area is 206 Å². The van der Waals surface area contributed by atoms with Gasteiger partial charge in [0.05, 0.1) is 11.4 Å². The standard InChI is InChI=1S/C30H31NO4/c1-17-10-11-29(22(6)30(17)34)35-24-9-7-8-23(14-24)31(25-15-27(32)20(4)12-18(25)2)26-16-28(33)21(5)13-19(26)3/h7-16,32-34H,1-6H3. The molecule has 3 N–H and O–H groups in total. The average molecular weight is 470 g/mol. The molecule has 0 unspecified atom stereocenters. The normalized spacial score (nSPS) is 10.9. The molecule has 4 aromatic carbocycles. The zero-order chi connectivity index (χ0) is 25.4. The fourth-order valence-electron chi connectivity index (χ4n) is 4.29. The molecule has 5 nitrogen and oxygen atoms in total. The summed E-state index contributed by atoms with van der Waals surface area (Å²) in [4.78, 5) is 2.01. The van der Waals surface area contributed by atoms with Crippen molar-refractivity contribution in [3.05, 3.63) is 94.0 Å². The number of nitrogens with zero attached hydrogens (tertiary/aromatic N) is 1. The highest BCUT2D eigenvalue weighted by Crippen LogP contribution is 2.43. The molecule has 0 aliphatic carbocycles. The maximum absolute atomic E-state index is 10.5. The Bertz CT molecular complexity index is 1370. The molecule has 0 atom stereocenters. The third-order valence-electron chi connectivity index (χ3n) is 6.40. The second-order valence-electron chi connectivity index (χ2n) is 9.14. The van der Waals surface area contributed by atoms with Crippen molar-refractivity contribution in [1.82, 2.24) is 0 Å². The Morgan fingerprint density at radius 3 is 1.74 bits per heavy atom. The first-order valence-electron chi connectivity index (χ1n) is 11.5. The van der Waals surface area contributed by atoms with Gasteiger partial charge in [0.1, 0.15) is 28.7 Å². The second-order valence-corrected chi connectivity index (χ2v) is 9.14. The molecule has 0 saturated carbocycles. The summed E-state index contributed by atoms with van der Waals surface area (Å²) in [5.74, 6) is 1.79. The Hall–Kier alpha value is -4.12. The summed E-state index contributed by atoms with van der Waals surface area (Å²) in [6.45, 7) is 11.4. The van der Waals surface area contributed by atoms with Crippen LogP contribution in [0.25, 0.3) is 0 Å². The molecule has 0 amide bonds. The molecule has 5 heteroatoms. The number of phenolic OH excluding ortho intramolecular Hbond substituents is 3. The lowest BCUT2D eigenvalue weighted by Crippen LogP contribution is -2.13. The van der Waals surface area contributed by atoms with Gasteiger partial charge < -0.3 is 25.0 Å². The first kappa shape index (κ1) is 24.0. The molecule has 0 saturated heterocycles. The maximum atomic E-state index is 10.5. The lowest BCUT2D eigenvalue weighted by atomic mass is 10.0. The molecule has 0 fully saturated rings. The number of anilines is 3. The Morgan fingerprint density at radius 2 is 1.17 bits per heavy atom. The molecule has 180 valence electrons. The van der Waals surface area contributed by atoms with Crippen molar-refractivity contribution in [2.75, 3.05) is 4.90 Å². The van der Waals surface area contributed by atoms with E-state index in [0.29, 0.717) is 17.1 Å². The fraction of sp³-hybridized carbons (Fsp3) is 0.200. The van der Waals surface area contributed by atoms with Gasteiger partial charge in [0.15, 0.2) is 0 Å². The number of phenols is 3. The van der Waals surface area contributed by atoms with Gasteiger partial charge >= 0.3 is 0 Å². The summed E-state index contributed by atoms with van der Waals surface area (Å²) in [6, 6.07) is 18.7. The molecule has 0 radical (unpaired) electrons. The minimum atomic E-state index is 0.197. The van der Waals surface area contributed by atoms with Crippen LogP contribution in [0.2, 0.25) is 0 Å². The molecular weight excluding hydrogens is 438 g/mol. The number of aryl methyl sites for hydroxylation is 5. The van der Waals surface area contributed by atoms with Crippen LogP contribution in [0.4, 0.5) is 17.1 Å². The third kappa shape index (κ3) is 4.62. The van der Waals surface area contributed by atoms with E-state index in [4.69, 9.17) is 4.74 Å². The van der Waals surface area contributed by atoms with Crippen LogP contribution in [-0.4, -0.2) is 15.3 Å². The van der Waals surface area contributed by atoms with Crippen LogP contribution in [0.3, 0.4) is 0 Å². The van der Waals surface area contributed by atoms with Crippen molar-refractivity contribution >= 4 is 17.1 Å². The number of rotatable bonds is 5. The van der Waals surface area contributed by atoms with Gasteiger partial charge in [-0.15, -0.1) is 0 Å². The van der Waals surface area contributed by atoms with E-state index in [1.807, 2.05) is 95.0 Å². The summed E-state index contributed by atoms with van der Waals surface area (Å²) in [5, 5.41) is 31.4.